The molecule has 0 radical (unpaired) electrons. The maximum atomic E-state index is 13.4. The first kappa shape index (κ1) is 39.8. The monoisotopic (exact) mass is 703 g/mol. The molecular formula is C38H49N5O8. The number of aromatic nitrogens is 3. The first-order valence-corrected chi connectivity index (χ1v) is 17.1. The largest absolute Gasteiger partial charge is 0.508 e. The van der Waals surface area contributed by atoms with Crippen LogP contribution in [0.5, 0.6) is 23.0 Å². The number of ketones is 1. The molecule has 0 bridgehead atoms. The third-order valence-corrected chi connectivity index (χ3v) is 7.89. The maximum Gasteiger partial charge on any atom is 0.220 e. The van der Waals surface area contributed by atoms with Gasteiger partial charge in [0.15, 0.2) is 28.8 Å². The van der Waals surface area contributed by atoms with Gasteiger partial charge in [0.1, 0.15) is 5.76 Å². The van der Waals surface area contributed by atoms with Crippen molar-refractivity contribution in [2.45, 2.75) is 71.3 Å². The molecule has 2 amide bonds. The number of unbranched alkanes of at least 4 members (excludes halogenated alkanes) is 4. The Kier molecular flexibility index (Phi) is 16.8. The van der Waals surface area contributed by atoms with Crippen molar-refractivity contribution in [1.82, 2.24) is 25.6 Å². The van der Waals surface area contributed by atoms with Gasteiger partial charge < -0.3 is 35.4 Å². The van der Waals surface area contributed by atoms with Crippen LogP contribution in [0.4, 0.5) is 0 Å². The average Bonchev–Trinajstić information content (AvgIpc) is 3.58. The van der Waals surface area contributed by atoms with Gasteiger partial charge in [-0.25, -0.2) is 0 Å². The third kappa shape index (κ3) is 14.0. The minimum Gasteiger partial charge on any atom is -0.508 e. The van der Waals surface area contributed by atoms with E-state index in [2.05, 4.69) is 27.9 Å². The summed E-state index contributed by atoms with van der Waals surface area (Å²) in [5, 5.41) is 45.0. The Hall–Kier alpha value is -5.59. The Morgan fingerprint density at radius 2 is 1.37 bits per heavy atom. The lowest BCUT2D eigenvalue weighted by Gasteiger charge is -2.06. The number of carbonyl (C=O) groups is 3. The summed E-state index contributed by atoms with van der Waals surface area (Å²) in [5.74, 6) is -0.471. The first-order chi connectivity index (χ1) is 24.6. The van der Waals surface area contributed by atoms with Crippen molar-refractivity contribution in [1.29, 1.82) is 0 Å². The molecule has 13 nitrogen and oxygen atoms in total. The van der Waals surface area contributed by atoms with E-state index < -0.39 is 5.78 Å². The molecule has 0 aliphatic rings. The highest BCUT2D eigenvalue weighted by molar-refractivity contribution is 6.07. The van der Waals surface area contributed by atoms with E-state index in [1.165, 1.54) is 38.5 Å². The van der Waals surface area contributed by atoms with Crippen molar-refractivity contribution >= 4 is 29.7 Å². The summed E-state index contributed by atoms with van der Waals surface area (Å²) in [6, 6.07) is 9.38. The number of allylic oxidation sites excluding steroid dienone is 3. The fourth-order valence-corrected chi connectivity index (χ4v) is 4.95. The zero-order valence-corrected chi connectivity index (χ0v) is 29.6. The van der Waals surface area contributed by atoms with Crippen molar-refractivity contribution < 1.29 is 39.2 Å². The second-order valence-corrected chi connectivity index (χ2v) is 11.9. The van der Waals surface area contributed by atoms with Gasteiger partial charge in [-0.1, -0.05) is 55.7 Å². The van der Waals surface area contributed by atoms with Gasteiger partial charge in [0.05, 0.1) is 19.9 Å². The number of benzene rings is 2. The number of hydrogen-bond donors (Lipinski definition) is 5. The fourth-order valence-electron chi connectivity index (χ4n) is 4.95. The number of nitrogens with one attached hydrogen (secondary N) is 2. The third-order valence-electron chi connectivity index (χ3n) is 7.89. The fraction of sp³-hybridized carbons (Fsp3) is 0.395. The van der Waals surface area contributed by atoms with Crippen LogP contribution in [0.3, 0.4) is 0 Å². The van der Waals surface area contributed by atoms with Crippen LogP contribution in [-0.2, 0) is 27.3 Å². The molecule has 0 aliphatic carbocycles. The Morgan fingerprint density at radius 3 is 1.96 bits per heavy atom. The van der Waals surface area contributed by atoms with Crippen molar-refractivity contribution in [2.24, 2.45) is 0 Å². The summed E-state index contributed by atoms with van der Waals surface area (Å²) >= 11 is 0. The quantitative estimate of drug-likeness (QED) is 0.0391. The number of aliphatic hydroxyl groups is 1. The van der Waals surface area contributed by atoms with Gasteiger partial charge >= 0.3 is 0 Å². The summed E-state index contributed by atoms with van der Waals surface area (Å²) < 4.78 is 12.0. The number of aromatic hydroxyl groups is 2. The predicted molar refractivity (Wildman–Crippen MR) is 194 cm³/mol. The number of carbonyl (C=O) groups excluding carboxylic acids is 3. The number of hydrogen-bond acceptors (Lipinski definition) is 10. The second kappa shape index (κ2) is 21.5. The zero-order valence-electron chi connectivity index (χ0n) is 29.6. The van der Waals surface area contributed by atoms with Gasteiger partial charge in [0.2, 0.25) is 11.8 Å². The molecule has 0 atom stereocenters. The highest BCUT2D eigenvalue weighted by Crippen LogP contribution is 2.28. The van der Waals surface area contributed by atoms with Gasteiger partial charge in [-0.3, -0.25) is 19.1 Å². The second-order valence-electron chi connectivity index (χ2n) is 11.9. The highest BCUT2D eigenvalue weighted by Gasteiger charge is 2.16. The van der Waals surface area contributed by atoms with E-state index in [1.807, 2.05) is 0 Å². The van der Waals surface area contributed by atoms with E-state index in [4.69, 9.17) is 9.47 Å². The molecule has 1 heterocycles. The van der Waals surface area contributed by atoms with E-state index in [0.717, 1.165) is 38.5 Å². The van der Waals surface area contributed by atoms with Crippen LogP contribution in [0.2, 0.25) is 0 Å². The first-order valence-electron chi connectivity index (χ1n) is 17.1. The molecule has 0 fully saturated rings. The number of amides is 2. The number of aryl methyl sites for hydroxylation is 1. The van der Waals surface area contributed by atoms with Crippen molar-refractivity contribution in [2.75, 3.05) is 27.3 Å². The summed E-state index contributed by atoms with van der Waals surface area (Å²) in [6.07, 6.45) is 13.4. The van der Waals surface area contributed by atoms with Crippen LogP contribution >= 0.6 is 0 Å². The Labute approximate surface area is 298 Å². The highest BCUT2D eigenvalue weighted by atomic mass is 16.5. The minimum absolute atomic E-state index is 0.0112. The smallest absolute Gasteiger partial charge is 0.220 e. The molecular weight excluding hydrogens is 654 g/mol. The molecule has 3 rings (SSSR count). The summed E-state index contributed by atoms with van der Waals surface area (Å²) in [5.41, 5.74) is 1.82. The molecule has 5 N–H and O–H groups in total. The van der Waals surface area contributed by atoms with Gasteiger partial charge in [-0.05, 0) is 66.8 Å². The number of phenolic OH excluding ortho intramolecular Hbond substituents is 2. The molecule has 51 heavy (non-hydrogen) atoms. The topological polar surface area (TPSA) is 185 Å². The zero-order chi connectivity index (χ0) is 37.0. The van der Waals surface area contributed by atoms with E-state index >= 15 is 0 Å². The number of ether oxygens (including phenoxy) is 2. The normalized spacial score (nSPS) is 11.8. The Morgan fingerprint density at radius 1 is 0.804 bits per heavy atom. The minimum atomic E-state index is -0.454. The molecule has 0 spiro atoms. The molecule has 1 aromatic heterocycles. The van der Waals surface area contributed by atoms with Crippen molar-refractivity contribution in [3.8, 4) is 23.0 Å². The maximum absolute atomic E-state index is 13.4. The molecule has 274 valence electrons. The van der Waals surface area contributed by atoms with Gasteiger partial charge in [0.25, 0.3) is 0 Å². The SMILES string of the molecule is CCCCNC(=O)CCC(=O)NCCCCCCn1cc(C/C(C(=O)/C=C/c2ccc(O)c(OC)c2)=C(O)\C=C\c2ccc(O)c(OC)c2)nn1. The average molecular weight is 704 g/mol. The van der Waals surface area contributed by atoms with Crippen LogP contribution in [0, 0.1) is 0 Å². The number of rotatable bonds is 22. The van der Waals surface area contributed by atoms with Crippen LogP contribution in [-0.4, -0.2) is 75.2 Å². The molecule has 0 saturated heterocycles. The standard InChI is InChI=1S/C38H49N5O8/c1-4-5-20-39-37(48)18-19-38(49)40-21-8-6-7-9-22-43-26-29(41-42-43)25-30(31(44)14-10-27-12-16-33(46)35(23-27)50-2)32(45)15-11-28-13-17-34(47)36(24-28)51-3/h10-17,23-24,26,44,46-47H,4-9,18-22,25H2,1-3H3,(H,39,48)(H,40,49)/b14-10+,15-11+,31-30-. The van der Waals surface area contributed by atoms with E-state index in [1.54, 1.807) is 47.3 Å². The summed E-state index contributed by atoms with van der Waals surface area (Å²) in [6.45, 7) is 3.86. The molecule has 13 heteroatoms. The van der Waals surface area contributed by atoms with Crippen LogP contribution in [0.1, 0.15) is 75.1 Å². The number of aliphatic hydroxyl groups excluding tert-OH is 1. The van der Waals surface area contributed by atoms with Gasteiger partial charge in [0, 0.05) is 50.7 Å². The lowest BCUT2D eigenvalue weighted by molar-refractivity contribution is -0.126. The van der Waals surface area contributed by atoms with E-state index in [-0.39, 0.29) is 65.4 Å². The van der Waals surface area contributed by atoms with Gasteiger partial charge in [-0.2, -0.15) is 0 Å². The van der Waals surface area contributed by atoms with Gasteiger partial charge in [-0.15, -0.1) is 5.10 Å². The number of nitrogens with zero attached hydrogens (tertiary/aromatic N) is 3. The number of methoxy groups -OCH3 is 2. The predicted octanol–water partition coefficient (Wildman–Crippen LogP) is 5.43. The number of phenols is 2. The lowest BCUT2D eigenvalue weighted by Crippen LogP contribution is -2.28. The van der Waals surface area contributed by atoms with Crippen LogP contribution in [0.15, 0.2) is 66.1 Å². The lowest BCUT2D eigenvalue weighted by atomic mass is 10.0. The van der Waals surface area contributed by atoms with E-state index in [0.29, 0.717) is 36.5 Å². The van der Waals surface area contributed by atoms with Crippen molar-refractivity contribution in [3.05, 3.63) is 82.9 Å². The molecule has 0 unspecified atom stereocenters. The molecule has 0 saturated carbocycles. The summed E-state index contributed by atoms with van der Waals surface area (Å²) in [7, 11) is 2.86. The van der Waals surface area contributed by atoms with E-state index in [9.17, 15) is 29.7 Å². The molecule has 2 aromatic carbocycles. The van der Waals surface area contributed by atoms with Crippen molar-refractivity contribution in [3.63, 3.8) is 0 Å². The van der Waals surface area contributed by atoms with Crippen LogP contribution in [0.25, 0.3) is 12.2 Å². The molecule has 0 aliphatic heterocycles. The Balaban J connectivity index is 1.57. The van der Waals surface area contributed by atoms with Crippen LogP contribution < -0.4 is 20.1 Å². The summed E-state index contributed by atoms with van der Waals surface area (Å²) in [4.78, 5) is 37.2. The molecule has 3 aromatic rings. The Bertz CT molecular complexity index is 1690.